The fourth-order valence-electron chi connectivity index (χ4n) is 2.55. The summed E-state index contributed by atoms with van der Waals surface area (Å²) in [5.41, 5.74) is 1.24. The second-order valence-electron chi connectivity index (χ2n) is 4.91. The molecule has 3 rings (SSSR count). The summed E-state index contributed by atoms with van der Waals surface area (Å²) in [4.78, 5) is 0. The molecule has 0 amide bonds. The molecule has 1 aromatic heterocycles. The van der Waals surface area contributed by atoms with E-state index in [0.717, 1.165) is 36.8 Å². The quantitative estimate of drug-likeness (QED) is 0.933. The average Bonchev–Trinajstić information content (AvgIpc) is 3.07. The summed E-state index contributed by atoms with van der Waals surface area (Å²) in [7, 11) is 0. The molecule has 1 saturated heterocycles. The molecule has 1 atom stereocenters. The smallest absolute Gasteiger partial charge is 0.149 e. The number of hydrogen-bond donors (Lipinski definition) is 1. The molecule has 5 heteroatoms. The molecule has 0 spiro atoms. The third-order valence-electron chi connectivity index (χ3n) is 3.55. The van der Waals surface area contributed by atoms with Gasteiger partial charge in [-0.1, -0.05) is 23.7 Å². The van der Waals surface area contributed by atoms with E-state index in [1.54, 1.807) is 0 Å². The van der Waals surface area contributed by atoms with Crippen molar-refractivity contribution < 1.29 is 0 Å². The van der Waals surface area contributed by atoms with Crippen LogP contribution < -0.4 is 5.32 Å². The summed E-state index contributed by atoms with van der Waals surface area (Å²) in [6.07, 6.45) is 5.12. The predicted molar refractivity (Wildman–Crippen MR) is 75.2 cm³/mol. The highest BCUT2D eigenvalue weighted by Gasteiger charge is 2.21. The standard InChI is InChI=1S/C14H17ClN4/c15-12-4-1-3-11(9-12)6-8-19-10-17-18-14(19)13-5-2-7-16-13/h1,3-4,9-10,13,16H,2,5-8H2. The maximum atomic E-state index is 6.00. The molecule has 1 aliphatic rings. The molecule has 1 fully saturated rings. The molecule has 2 heterocycles. The van der Waals surface area contributed by atoms with E-state index in [2.05, 4.69) is 26.1 Å². The van der Waals surface area contributed by atoms with Crippen LogP contribution >= 0.6 is 11.6 Å². The van der Waals surface area contributed by atoms with Gasteiger partial charge in [-0.15, -0.1) is 10.2 Å². The molecule has 4 nitrogen and oxygen atoms in total. The van der Waals surface area contributed by atoms with Crippen LogP contribution in [0.15, 0.2) is 30.6 Å². The van der Waals surface area contributed by atoms with Crippen LogP contribution in [0.1, 0.15) is 30.3 Å². The fourth-order valence-corrected chi connectivity index (χ4v) is 2.77. The van der Waals surface area contributed by atoms with Gasteiger partial charge in [0, 0.05) is 11.6 Å². The van der Waals surface area contributed by atoms with Gasteiger partial charge in [0.1, 0.15) is 12.2 Å². The van der Waals surface area contributed by atoms with E-state index in [-0.39, 0.29) is 0 Å². The van der Waals surface area contributed by atoms with Crippen molar-refractivity contribution in [1.29, 1.82) is 0 Å². The van der Waals surface area contributed by atoms with Crippen LogP contribution in [0.25, 0.3) is 0 Å². The Balaban J connectivity index is 1.68. The van der Waals surface area contributed by atoms with Gasteiger partial charge in [0.05, 0.1) is 6.04 Å². The number of hydrogen-bond acceptors (Lipinski definition) is 3. The molecule has 0 bridgehead atoms. The lowest BCUT2D eigenvalue weighted by Gasteiger charge is -2.12. The van der Waals surface area contributed by atoms with Crippen LogP contribution in [0, 0.1) is 0 Å². The lowest BCUT2D eigenvalue weighted by atomic mass is 10.1. The Morgan fingerprint density at radius 1 is 1.42 bits per heavy atom. The minimum absolute atomic E-state index is 0.363. The van der Waals surface area contributed by atoms with Gasteiger partial charge in [0.25, 0.3) is 0 Å². The van der Waals surface area contributed by atoms with Crippen molar-refractivity contribution in [3.05, 3.63) is 47.0 Å². The minimum atomic E-state index is 0.363. The van der Waals surface area contributed by atoms with Crippen LogP contribution in [0.3, 0.4) is 0 Å². The van der Waals surface area contributed by atoms with Crippen molar-refractivity contribution in [2.75, 3.05) is 6.54 Å². The number of nitrogens with zero attached hydrogens (tertiary/aromatic N) is 3. The van der Waals surface area contributed by atoms with Crippen LogP contribution in [-0.4, -0.2) is 21.3 Å². The van der Waals surface area contributed by atoms with Crippen LogP contribution in [0.4, 0.5) is 0 Å². The molecular weight excluding hydrogens is 260 g/mol. The SMILES string of the molecule is Clc1cccc(CCn2cnnc2C2CCCN2)c1. The lowest BCUT2D eigenvalue weighted by molar-refractivity contribution is 0.545. The van der Waals surface area contributed by atoms with Gasteiger partial charge in [0.15, 0.2) is 0 Å². The Kier molecular flexibility index (Phi) is 3.80. The highest BCUT2D eigenvalue weighted by molar-refractivity contribution is 6.30. The number of benzene rings is 1. The summed E-state index contributed by atoms with van der Waals surface area (Å²) < 4.78 is 2.14. The number of nitrogens with one attached hydrogen (secondary N) is 1. The zero-order valence-electron chi connectivity index (χ0n) is 10.7. The molecule has 1 aromatic carbocycles. The predicted octanol–water partition coefficient (Wildman–Crippen LogP) is 2.60. The number of aryl methyl sites for hydroxylation is 2. The summed E-state index contributed by atoms with van der Waals surface area (Å²) in [5.74, 6) is 1.06. The summed E-state index contributed by atoms with van der Waals surface area (Å²) in [5, 5.41) is 12.5. The van der Waals surface area contributed by atoms with Gasteiger partial charge in [-0.25, -0.2) is 0 Å². The van der Waals surface area contributed by atoms with Gasteiger partial charge in [-0.05, 0) is 43.5 Å². The van der Waals surface area contributed by atoms with Gasteiger partial charge in [-0.2, -0.15) is 0 Å². The second-order valence-corrected chi connectivity index (χ2v) is 5.35. The Morgan fingerprint density at radius 3 is 3.16 bits per heavy atom. The van der Waals surface area contributed by atoms with Crippen LogP contribution in [-0.2, 0) is 13.0 Å². The van der Waals surface area contributed by atoms with Crippen molar-refractivity contribution >= 4 is 11.6 Å². The van der Waals surface area contributed by atoms with Crippen molar-refractivity contribution in [2.45, 2.75) is 31.8 Å². The molecule has 1 N–H and O–H groups in total. The normalized spacial score (nSPS) is 18.9. The minimum Gasteiger partial charge on any atom is -0.316 e. The third-order valence-corrected chi connectivity index (χ3v) is 3.78. The maximum absolute atomic E-state index is 6.00. The second kappa shape index (κ2) is 5.72. The Bertz CT molecular complexity index is 546. The van der Waals surface area contributed by atoms with E-state index in [1.807, 2.05) is 24.5 Å². The topological polar surface area (TPSA) is 42.7 Å². The van der Waals surface area contributed by atoms with E-state index >= 15 is 0 Å². The largest absolute Gasteiger partial charge is 0.316 e. The van der Waals surface area contributed by atoms with Gasteiger partial charge < -0.3 is 9.88 Å². The number of aromatic nitrogens is 3. The first-order valence-electron chi connectivity index (χ1n) is 6.68. The van der Waals surface area contributed by atoms with Crippen molar-refractivity contribution in [3.8, 4) is 0 Å². The van der Waals surface area contributed by atoms with Crippen molar-refractivity contribution in [2.24, 2.45) is 0 Å². The molecule has 1 unspecified atom stereocenters. The fraction of sp³-hybridized carbons (Fsp3) is 0.429. The van der Waals surface area contributed by atoms with Gasteiger partial charge in [-0.3, -0.25) is 0 Å². The van der Waals surface area contributed by atoms with Gasteiger partial charge in [0.2, 0.25) is 0 Å². The molecule has 2 aromatic rings. The Hall–Kier alpha value is -1.39. The van der Waals surface area contributed by atoms with E-state index in [4.69, 9.17) is 11.6 Å². The number of rotatable bonds is 4. The maximum Gasteiger partial charge on any atom is 0.149 e. The summed E-state index contributed by atoms with van der Waals surface area (Å²) in [6, 6.07) is 8.37. The molecule has 1 aliphatic heterocycles. The van der Waals surface area contributed by atoms with Gasteiger partial charge >= 0.3 is 0 Å². The van der Waals surface area contributed by atoms with E-state index in [0.29, 0.717) is 6.04 Å². The highest BCUT2D eigenvalue weighted by Crippen LogP contribution is 2.21. The Morgan fingerprint density at radius 2 is 2.37 bits per heavy atom. The van der Waals surface area contributed by atoms with Crippen molar-refractivity contribution in [3.63, 3.8) is 0 Å². The Labute approximate surface area is 117 Å². The van der Waals surface area contributed by atoms with Crippen molar-refractivity contribution in [1.82, 2.24) is 20.1 Å². The molecule has 19 heavy (non-hydrogen) atoms. The zero-order chi connectivity index (χ0) is 13.1. The van der Waals surface area contributed by atoms with Crippen LogP contribution in [0.2, 0.25) is 5.02 Å². The zero-order valence-corrected chi connectivity index (χ0v) is 11.5. The van der Waals surface area contributed by atoms with E-state index in [1.165, 1.54) is 12.0 Å². The molecule has 0 saturated carbocycles. The molecule has 100 valence electrons. The number of halogens is 1. The molecule has 0 radical (unpaired) electrons. The third kappa shape index (κ3) is 2.96. The van der Waals surface area contributed by atoms with Crippen LogP contribution in [0.5, 0.6) is 0 Å². The summed E-state index contributed by atoms with van der Waals surface area (Å²) >= 11 is 6.00. The average molecular weight is 277 g/mol. The molecular formula is C14H17ClN4. The first kappa shape index (κ1) is 12.6. The first-order chi connectivity index (χ1) is 9.33. The lowest BCUT2D eigenvalue weighted by Crippen LogP contribution is -2.18. The van der Waals surface area contributed by atoms with E-state index < -0.39 is 0 Å². The van der Waals surface area contributed by atoms with E-state index in [9.17, 15) is 0 Å². The molecule has 0 aliphatic carbocycles. The highest BCUT2D eigenvalue weighted by atomic mass is 35.5. The summed E-state index contributed by atoms with van der Waals surface area (Å²) in [6.45, 7) is 1.96. The monoisotopic (exact) mass is 276 g/mol. The first-order valence-corrected chi connectivity index (χ1v) is 7.06.